The zero-order chi connectivity index (χ0) is 26.3. The summed E-state index contributed by atoms with van der Waals surface area (Å²) in [6.07, 6.45) is 0.960. The predicted molar refractivity (Wildman–Crippen MR) is 143 cm³/mol. The van der Waals surface area contributed by atoms with E-state index in [-0.39, 0.29) is 33.9 Å². The Morgan fingerprint density at radius 1 is 1.28 bits per heavy atom. The van der Waals surface area contributed by atoms with Gasteiger partial charge in [0.2, 0.25) is 10.0 Å². The number of sulfonamides is 1. The fraction of sp³-hybridized carbons (Fsp3) is 0.320. The van der Waals surface area contributed by atoms with Crippen LogP contribution in [0.5, 0.6) is 0 Å². The zero-order valence-electron chi connectivity index (χ0n) is 19.8. The van der Waals surface area contributed by atoms with Gasteiger partial charge in [-0.1, -0.05) is 29.8 Å². The number of anilines is 2. The number of rotatable bonds is 7. The van der Waals surface area contributed by atoms with Crippen LogP contribution in [0.4, 0.5) is 15.8 Å². The number of nitrogens with two attached hydrogens (primary N) is 1. The van der Waals surface area contributed by atoms with Crippen molar-refractivity contribution in [1.29, 1.82) is 0 Å². The van der Waals surface area contributed by atoms with Crippen LogP contribution in [0.15, 0.2) is 48.5 Å². The van der Waals surface area contributed by atoms with Crippen molar-refractivity contribution in [1.82, 2.24) is 4.31 Å². The summed E-state index contributed by atoms with van der Waals surface area (Å²) in [7, 11) is -3.60. The van der Waals surface area contributed by atoms with Gasteiger partial charge in [-0.3, -0.25) is 0 Å². The highest BCUT2D eigenvalue weighted by Crippen LogP contribution is 2.39. The molecule has 4 rings (SSSR count). The molecule has 1 aromatic heterocycles. The first-order valence-corrected chi connectivity index (χ1v) is 14.1. The minimum absolute atomic E-state index is 0.0994. The average Bonchev–Trinajstić information content (AvgIpc) is 3.16. The number of halogens is 2. The van der Waals surface area contributed by atoms with E-state index >= 15 is 0 Å². The van der Waals surface area contributed by atoms with E-state index in [1.807, 2.05) is 13.8 Å². The van der Waals surface area contributed by atoms with E-state index in [0.29, 0.717) is 34.5 Å². The van der Waals surface area contributed by atoms with Crippen molar-refractivity contribution in [2.24, 2.45) is 0 Å². The van der Waals surface area contributed by atoms with Gasteiger partial charge in [0.15, 0.2) is 0 Å². The Hall–Kier alpha value is -2.66. The van der Waals surface area contributed by atoms with Crippen LogP contribution in [-0.2, 0) is 15.8 Å². The maximum Gasteiger partial charge on any atom is 0.345 e. The van der Waals surface area contributed by atoms with Gasteiger partial charge >= 0.3 is 5.97 Å². The maximum absolute atomic E-state index is 14.7. The number of hydrogen-bond donors (Lipinski definition) is 3. The standard InChI is InChI=1S/C25H27ClFN3O4S2/c1-25(2)13-18(8-9-30(25)36(33,34)14-15-4-3-5-17(28)10-15)29-21-11-16(6-7-20(21)27)23-19(26)12-22(35-23)24(31)32/h3-7,10-12,18,29H,8-9,13-14,28H2,1-2H3,(H,31,32). The van der Waals surface area contributed by atoms with Gasteiger partial charge in [0.1, 0.15) is 10.7 Å². The van der Waals surface area contributed by atoms with Crippen LogP contribution in [0.1, 0.15) is 41.9 Å². The molecule has 0 radical (unpaired) electrons. The van der Waals surface area contributed by atoms with Crippen LogP contribution in [0.3, 0.4) is 0 Å². The summed E-state index contributed by atoms with van der Waals surface area (Å²) in [5, 5.41) is 12.7. The van der Waals surface area contributed by atoms with Crippen LogP contribution < -0.4 is 11.1 Å². The summed E-state index contributed by atoms with van der Waals surface area (Å²) >= 11 is 7.26. The fourth-order valence-electron chi connectivity index (χ4n) is 4.66. The number of nitrogen functional groups attached to an aromatic ring is 1. The third-order valence-corrected chi connectivity index (χ3v) is 9.85. The number of nitrogens with zero attached hydrogens (tertiary/aromatic N) is 1. The Labute approximate surface area is 218 Å². The Morgan fingerprint density at radius 3 is 2.67 bits per heavy atom. The maximum atomic E-state index is 14.7. The summed E-state index contributed by atoms with van der Waals surface area (Å²) in [6, 6.07) is 12.5. The first-order chi connectivity index (χ1) is 16.9. The molecule has 3 aromatic rings. The summed E-state index contributed by atoms with van der Waals surface area (Å²) < 4.78 is 42.7. The number of carbonyl (C=O) groups is 1. The van der Waals surface area contributed by atoms with Crippen LogP contribution in [-0.4, -0.2) is 41.9 Å². The second kappa shape index (κ2) is 10.0. The third kappa shape index (κ3) is 5.67. The van der Waals surface area contributed by atoms with Gasteiger partial charge < -0.3 is 16.2 Å². The Kier molecular flexibility index (Phi) is 7.34. The SMILES string of the molecule is CC1(C)CC(Nc2cc(-c3sc(C(=O)O)cc3Cl)ccc2F)CCN1S(=O)(=O)Cc1cccc(N)c1. The average molecular weight is 552 g/mol. The molecular formula is C25H27ClFN3O4S2. The molecule has 1 fully saturated rings. The minimum Gasteiger partial charge on any atom is -0.477 e. The lowest BCUT2D eigenvalue weighted by Crippen LogP contribution is -2.55. The van der Waals surface area contributed by atoms with Crippen molar-refractivity contribution < 1.29 is 22.7 Å². The molecule has 0 amide bonds. The molecule has 1 atom stereocenters. The van der Waals surface area contributed by atoms with E-state index in [2.05, 4.69) is 5.32 Å². The topological polar surface area (TPSA) is 113 Å². The molecule has 1 aliphatic rings. The number of hydrogen-bond acceptors (Lipinski definition) is 6. The van der Waals surface area contributed by atoms with Gasteiger partial charge in [-0.2, -0.15) is 4.31 Å². The highest BCUT2D eigenvalue weighted by atomic mass is 35.5. The van der Waals surface area contributed by atoms with Crippen LogP contribution >= 0.6 is 22.9 Å². The van der Waals surface area contributed by atoms with Gasteiger partial charge in [0.25, 0.3) is 0 Å². The van der Waals surface area contributed by atoms with Crippen molar-refractivity contribution in [2.75, 3.05) is 17.6 Å². The molecule has 11 heteroatoms. The van der Waals surface area contributed by atoms with E-state index in [4.69, 9.17) is 17.3 Å². The number of piperidine rings is 1. The molecule has 1 aliphatic heterocycles. The number of thiophene rings is 1. The van der Waals surface area contributed by atoms with E-state index < -0.39 is 27.3 Å². The van der Waals surface area contributed by atoms with Crippen molar-refractivity contribution in [3.8, 4) is 10.4 Å². The lowest BCUT2D eigenvalue weighted by Gasteiger charge is -2.45. The van der Waals surface area contributed by atoms with Crippen LogP contribution in [0.2, 0.25) is 5.02 Å². The molecule has 0 aliphatic carbocycles. The van der Waals surface area contributed by atoms with Crippen molar-refractivity contribution in [3.05, 3.63) is 69.8 Å². The number of carboxylic acid groups (broad SMARTS) is 1. The molecule has 0 bridgehead atoms. The second-order valence-corrected chi connectivity index (χ2v) is 12.9. The minimum atomic E-state index is -3.60. The normalized spacial score (nSPS) is 18.2. The molecule has 7 nitrogen and oxygen atoms in total. The fourth-order valence-corrected chi connectivity index (χ4v) is 7.91. The molecular weight excluding hydrogens is 525 g/mol. The van der Waals surface area contributed by atoms with Gasteiger partial charge in [-0.15, -0.1) is 11.3 Å². The summed E-state index contributed by atoms with van der Waals surface area (Å²) in [6.45, 7) is 4.02. The van der Waals surface area contributed by atoms with Crippen molar-refractivity contribution >= 4 is 50.3 Å². The van der Waals surface area contributed by atoms with E-state index in [1.54, 1.807) is 36.4 Å². The predicted octanol–water partition coefficient (Wildman–Crippen LogP) is 5.67. The Balaban J connectivity index is 1.50. The second-order valence-electron chi connectivity index (χ2n) is 9.51. The van der Waals surface area contributed by atoms with Gasteiger partial charge in [-0.05, 0) is 68.1 Å². The summed E-state index contributed by atoms with van der Waals surface area (Å²) in [5.74, 6) is -1.68. The first-order valence-electron chi connectivity index (χ1n) is 11.3. The number of aromatic carboxylic acids is 1. The lowest BCUT2D eigenvalue weighted by atomic mass is 9.89. The number of carboxylic acids is 1. The van der Waals surface area contributed by atoms with Gasteiger partial charge in [0, 0.05) is 23.8 Å². The van der Waals surface area contributed by atoms with E-state index in [9.17, 15) is 22.7 Å². The smallest absolute Gasteiger partial charge is 0.345 e. The monoisotopic (exact) mass is 551 g/mol. The largest absolute Gasteiger partial charge is 0.477 e. The Bertz CT molecular complexity index is 1410. The summed E-state index contributed by atoms with van der Waals surface area (Å²) in [4.78, 5) is 11.9. The summed E-state index contributed by atoms with van der Waals surface area (Å²) in [5.41, 5.74) is 7.10. The third-order valence-electron chi connectivity index (χ3n) is 6.22. The highest BCUT2D eigenvalue weighted by molar-refractivity contribution is 7.88. The van der Waals surface area contributed by atoms with E-state index in [0.717, 1.165) is 11.3 Å². The van der Waals surface area contributed by atoms with Crippen molar-refractivity contribution in [3.63, 3.8) is 0 Å². The number of benzene rings is 2. The van der Waals surface area contributed by atoms with Gasteiger partial charge in [0.05, 0.1) is 21.3 Å². The van der Waals surface area contributed by atoms with Crippen LogP contribution in [0, 0.1) is 5.82 Å². The van der Waals surface area contributed by atoms with E-state index in [1.165, 1.54) is 16.4 Å². The quantitative estimate of drug-likeness (QED) is 0.326. The van der Waals surface area contributed by atoms with Gasteiger partial charge in [-0.25, -0.2) is 17.6 Å². The molecule has 192 valence electrons. The molecule has 36 heavy (non-hydrogen) atoms. The first kappa shape index (κ1) is 26.4. The molecule has 2 heterocycles. The molecule has 1 saturated heterocycles. The van der Waals surface area contributed by atoms with Crippen molar-refractivity contribution in [2.45, 2.75) is 44.0 Å². The van der Waals surface area contributed by atoms with Crippen LogP contribution in [0.25, 0.3) is 10.4 Å². The Morgan fingerprint density at radius 2 is 2.03 bits per heavy atom. The molecule has 2 aromatic carbocycles. The molecule has 1 unspecified atom stereocenters. The highest BCUT2D eigenvalue weighted by Gasteiger charge is 2.41. The molecule has 0 spiro atoms. The molecule has 4 N–H and O–H groups in total. The number of nitrogens with one attached hydrogen (secondary N) is 1. The molecule has 0 saturated carbocycles. The lowest BCUT2D eigenvalue weighted by molar-refractivity contribution is 0.0702. The zero-order valence-corrected chi connectivity index (χ0v) is 22.2.